The number of hydrogen-bond acceptors (Lipinski definition) is 6. The number of rotatable bonds is 5. The zero-order valence-corrected chi connectivity index (χ0v) is 18.9. The lowest BCUT2D eigenvalue weighted by Crippen LogP contribution is -2.49. The Morgan fingerprint density at radius 1 is 1.24 bits per heavy atom. The Morgan fingerprint density at radius 2 is 2.09 bits per heavy atom. The van der Waals surface area contributed by atoms with Gasteiger partial charge in [0.15, 0.2) is 0 Å². The Kier molecular flexibility index (Phi) is 5.76. The predicted octanol–water partition coefficient (Wildman–Crippen LogP) is 2.94. The van der Waals surface area contributed by atoms with Crippen LogP contribution in [0.15, 0.2) is 60.1 Å². The highest BCUT2D eigenvalue weighted by atomic mass is 16.7. The van der Waals surface area contributed by atoms with Gasteiger partial charge in [0.05, 0.1) is 37.2 Å². The molecule has 1 fully saturated rings. The molecule has 2 atom stereocenters. The van der Waals surface area contributed by atoms with Crippen LogP contribution in [0.2, 0.25) is 0 Å². The van der Waals surface area contributed by atoms with Gasteiger partial charge in [0.1, 0.15) is 5.75 Å². The van der Waals surface area contributed by atoms with Crippen LogP contribution in [0.5, 0.6) is 5.75 Å². The van der Waals surface area contributed by atoms with Crippen molar-refractivity contribution in [1.82, 2.24) is 14.3 Å². The normalized spacial score (nSPS) is 23.2. The van der Waals surface area contributed by atoms with E-state index in [-0.39, 0.29) is 11.8 Å². The van der Waals surface area contributed by atoms with Gasteiger partial charge in [0.25, 0.3) is 5.91 Å². The van der Waals surface area contributed by atoms with Gasteiger partial charge in [-0.1, -0.05) is 5.16 Å². The summed E-state index contributed by atoms with van der Waals surface area (Å²) in [6, 6.07) is 11.7. The number of aromatic nitrogens is 2. The molecule has 2 aliphatic heterocycles. The fourth-order valence-corrected chi connectivity index (χ4v) is 4.58. The molecule has 8 nitrogen and oxygen atoms in total. The van der Waals surface area contributed by atoms with E-state index in [0.717, 1.165) is 34.7 Å². The number of oxime groups is 1. The Labute approximate surface area is 192 Å². The maximum atomic E-state index is 13.6. The van der Waals surface area contributed by atoms with Crippen molar-refractivity contribution in [3.05, 3.63) is 66.2 Å². The third-order valence-electron chi connectivity index (χ3n) is 6.38. The SMILES string of the molecule is COc1ccc(C2=NOC(C)(C(=O)N3CCOCC(Cc4nccn5cccc45)C3)C2)cc1. The standard InChI is InChI=1S/C25H28N4O4/c1-25(15-22(27-33-25)19-5-7-20(31-2)8-6-19)24(30)29-12-13-32-17-18(16-29)14-21-23-4-3-10-28(23)11-9-26-21/h3-11,18H,12-17H2,1-2H3. The van der Waals surface area contributed by atoms with E-state index in [2.05, 4.69) is 20.6 Å². The Balaban J connectivity index is 1.28. The topological polar surface area (TPSA) is 77.7 Å². The van der Waals surface area contributed by atoms with Gasteiger partial charge in [-0.25, -0.2) is 0 Å². The number of hydrogen-bond donors (Lipinski definition) is 0. The molecule has 8 heteroatoms. The van der Waals surface area contributed by atoms with Crippen LogP contribution in [0, 0.1) is 5.92 Å². The van der Waals surface area contributed by atoms with Gasteiger partial charge in [0, 0.05) is 44.0 Å². The molecule has 172 valence electrons. The van der Waals surface area contributed by atoms with Crippen LogP contribution in [-0.4, -0.2) is 64.9 Å². The van der Waals surface area contributed by atoms with Gasteiger partial charge in [-0.05, 0) is 55.3 Å². The summed E-state index contributed by atoms with van der Waals surface area (Å²) in [5.41, 5.74) is 2.77. The van der Waals surface area contributed by atoms with Crippen LogP contribution >= 0.6 is 0 Å². The highest BCUT2D eigenvalue weighted by molar-refractivity contribution is 6.05. The summed E-state index contributed by atoms with van der Waals surface area (Å²) in [6.07, 6.45) is 6.93. The van der Waals surface area contributed by atoms with E-state index in [4.69, 9.17) is 14.3 Å². The lowest BCUT2D eigenvalue weighted by molar-refractivity contribution is -0.153. The quantitative estimate of drug-likeness (QED) is 0.600. The molecule has 2 unspecified atom stereocenters. The maximum absolute atomic E-state index is 13.6. The minimum atomic E-state index is -1.02. The van der Waals surface area contributed by atoms with E-state index in [1.54, 1.807) is 7.11 Å². The highest BCUT2D eigenvalue weighted by Gasteiger charge is 2.45. The van der Waals surface area contributed by atoms with Crippen molar-refractivity contribution in [2.75, 3.05) is 33.4 Å². The third-order valence-corrected chi connectivity index (χ3v) is 6.38. The summed E-state index contributed by atoms with van der Waals surface area (Å²) in [4.78, 5) is 25.7. The molecule has 1 amide bonds. The van der Waals surface area contributed by atoms with E-state index in [9.17, 15) is 4.79 Å². The minimum absolute atomic E-state index is 0.0564. The van der Waals surface area contributed by atoms with Gasteiger partial charge in [-0.2, -0.15) is 0 Å². The molecule has 4 heterocycles. The molecule has 5 rings (SSSR count). The predicted molar refractivity (Wildman–Crippen MR) is 123 cm³/mol. The number of nitrogens with zero attached hydrogens (tertiary/aromatic N) is 4. The smallest absolute Gasteiger partial charge is 0.269 e. The van der Waals surface area contributed by atoms with Gasteiger partial charge >= 0.3 is 0 Å². The molecular formula is C25H28N4O4. The third kappa shape index (κ3) is 4.30. The zero-order valence-electron chi connectivity index (χ0n) is 18.9. The molecule has 0 saturated carbocycles. The Morgan fingerprint density at radius 3 is 2.91 bits per heavy atom. The largest absolute Gasteiger partial charge is 0.497 e. The molecule has 0 radical (unpaired) electrons. The fourth-order valence-electron chi connectivity index (χ4n) is 4.58. The van der Waals surface area contributed by atoms with Crippen molar-refractivity contribution in [2.45, 2.75) is 25.4 Å². The average Bonchev–Trinajstić information content (AvgIpc) is 3.42. The van der Waals surface area contributed by atoms with Crippen LogP contribution in [0.1, 0.15) is 24.6 Å². The second-order valence-corrected chi connectivity index (χ2v) is 8.84. The van der Waals surface area contributed by atoms with Crippen LogP contribution < -0.4 is 4.74 Å². The van der Waals surface area contributed by atoms with Crippen molar-refractivity contribution >= 4 is 17.1 Å². The first kappa shape index (κ1) is 21.5. The minimum Gasteiger partial charge on any atom is -0.497 e. The summed E-state index contributed by atoms with van der Waals surface area (Å²) in [5, 5.41) is 4.25. The molecule has 1 aromatic carbocycles. The molecule has 0 N–H and O–H groups in total. The van der Waals surface area contributed by atoms with Crippen LogP contribution in [-0.2, 0) is 20.8 Å². The average molecular weight is 449 g/mol. The number of benzene rings is 1. The van der Waals surface area contributed by atoms with Crippen LogP contribution in [0.4, 0.5) is 0 Å². The van der Waals surface area contributed by atoms with E-state index >= 15 is 0 Å². The van der Waals surface area contributed by atoms with E-state index in [1.165, 1.54) is 0 Å². The zero-order chi connectivity index (χ0) is 22.8. The molecular weight excluding hydrogens is 420 g/mol. The molecule has 2 aliphatic rings. The van der Waals surface area contributed by atoms with Crippen molar-refractivity contribution in [3.63, 3.8) is 0 Å². The van der Waals surface area contributed by atoms with E-state index in [1.807, 2.05) is 60.7 Å². The van der Waals surface area contributed by atoms with Gasteiger partial charge in [0.2, 0.25) is 5.60 Å². The molecule has 0 bridgehead atoms. The lowest BCUT2D eigenvalue weighted by Gasteiger charge is -2.30. The number of carbonyl (C=O) groups excluding carboxylic acids is 1. The molecule has 3 aromatic rings. The first-order chi connectivity index (χ1) is 16.1. The summed E-state index contributed by atoms with van der Waals surface area (Å²) in [7, 11) is 1.63. The summed E-state index contributed by atoms with van der Waals surface area (Å²) >= 11 is 0. The Hall–Kier alpha value is -3.39. The van der Waals surface area contributed by atoms with Crippen LogP contribution in [0.3, 0.4) is 0 Å². The number of fused-ring (bicyclic) bond motifs is 1. The lowest BCUT2D eigenvalue weighted by atomic mass is 9.93. The maximum Gasteiger partial charge on any atom is 0.269 e. The Bertz CT molecular complexity index is 1170. The van der Waals surface area contributed by atoms with Crippen molar-refractivity contribution in [1.29, 1.82) is 0 Å². The molecule has 0 aliphatic carbocycles. The highest BCUT2D eigenvalue weighted by Crippen LogP contribution is 2.30. The second kappa shape index (κ2) is 8.86. The second-order valence-electron chi connectivity index (χ2n) is 8.84. The summed E-state index contributed by atoms with van der Waals surface area (Å²) in [5.74, 6) is 0.870. The van der Waals surface area contributed by atoms with Crippen molar-refractivity contribution in [2.24, 2.45) is 11.1 Å². The first-order valence-corrected chi connectivity index (χ1v) is 11.2. The van der Waals surface area contributed by atoms with Gasteiger partial charge in [-0.3, -0.25) is 9.78 Å². The molecule has 33 heavy (non-hydrogen) atoms. The van der Waals surface area contributed by atoms with E-state index in [0.29, 0.717) is 32.7 Å². The van der Waals surface area contributed by atoms with Gasteiger partial charge < -0.3 is 23.6 Å². The van der Waals surface area contributed by atoms with Crippen molar-refractivity contribution < 1.29 is 19.1 Å². The van der Waals surface area contributed by atoms with E-state index < -0.39 is 5.60 Å². The molecule has 0 spiro atoms. The summed E-state index contributed by atoms with van der Waals surface area (Å²) < 4.78 is 13.1. The number of methoxy groups -OCH3 is 1. The molecule has 2 aromatic heterocycles. The van der Waals surface area contributed by atoms with Gasteiger partial charge in [-0.15, -0.1) is 0 Å². The first-order valence-electron chi connectivity index (χ1n) is 11.2. The van der Waals surface area contributed by atoms with Crippen LogP contribution in [0.25, 0.3) is 5.52 Å². The molecule has 1 saturated heterocycles. The summed E-state index contributed by atoms with van der Waals surface area (Å²) in [6.45, 7) is 4.05. The fraction of sp³-hybridized carbons (Fsp3) is 0.400. The monoisotopic (exact) mass is 448 g/mol. The van der Waals surface area contributed by atoms with Crippen molar-refractivity contribution in [3.8, 4) is 5.75 Å². The number of carbonyl (C=O) groups is 1. The number of amides is 1. The number of ether oxygens (including phenoxy) is 2.